The van der Waals surface area contributed by atoms with E-state index in [1.165, 1.54) is 97.1 Å². The molecule has 0 fully saturated rings. The molecule has 2 aliphatic heterocycles. The molecular formula is C45H20N2O13. The van der Waals surface area contributed by atoms with Crippen LogP contribution in [0.25, 0.3) is 32.9 Å². The Bertz CT molecular complexity index is 3310. The molecule has 6 aromatic carbocycles. The molecule has 288 valence electrons. The second kappa shape index (κ2) is 13.1. The van der Waals surface area contributed by atoms with Gasteiger partial charge in [-0.1, -0.05) is 42.5 Å². The van der Waals surface area contributed by atoms with Gasteiger partial charge >= 0.3 is 23.9 Å². The van der Waals surface area contributed by atoms with E-state index < -0.39 is 57.5 Å². The quantitative estimate of drug-likeness (QED) is 0.109. The number of hydrogen-bond acceptors (Lipinski definition) is 13. The van der Waals surface area contributed by atoms with Crippen LogP contribution in [0.4, 0.5) is 0 Å². The zero-order valence-electron chi connectivity index (χ0n) is 30.2. The third-order valence-electron chi connectivity index (χ3n) is 10.1. The lowest BCUT2D eigenvalue weighted by atomic mass is 9.95. The van der Waals surface area contributed by atoms with Gasteiger partial charge in [0.1, 0.15) is 23.0 Å². The van der Waals surface area contributed by atoms with Crippen LogP contribution in [-0.4, -0.2) is 38.8 Å². The van der Waals surface area contributed by atoms with Crippen LogP contribution >= 0.6 is 0 Å². The molecule has 0 unspecified atom stereocenters. The minimum atomic E-state index is -0.943. The summed E-state index contributed by atoms with van der Waals surface area (Å²) < 4.78 is 22.7. The highest BCUT2D eigenvalue weighted by Crippen LogP contribution is 2.32. The first-order valence-corrected chi connectivity index (χ1v) is 17.9. The van der Waals surface area contributed by atoms with Crippen molar-refractivity contribution in [2.24, 2.45) is 0 Å². The van der Waals surface area contributed by atoms with E-state index in [0.717, 1.165) is 15.2 Å². The van der Waals surface area contributed by atoms with Crippen molar-refractivity contribution in [1.82, 2.24) is 9.13 Å². The first kappa shape index (κ1) is 35.6. The summed E-state index contributed by atoms with van der Waals surface area (Å²) >= 11 is 0. The van der Waals surface area contributed by atoms with Crippen LogP contribution < -0.4 is 31.7 Å². The Hall–Kier alpha value is -8.85. The summed E-state index contributed by atoms with van der Waals surface area (Å²) in [6.45, 7) is 0. The van der Waals surface area contributed by atoms with Crippen molar-refractivity contribution in [3.63, 3.8) is 0 Å². The van der Waals surface area contributed by atoms with Crippen molar-refractivity contribution in [2.45, 2.75) is 0 Å². The number of hydrogen-bond donors (Lipinski definition) is 0. The number of nitrogens with zero attached hydrogens (tertiary/aromatic N) is 2. The highest BCUT2D eigenvalue weighted by atomic mass is 16.6. The average molecular weight is 797 g/mol. The first-order chi connectivity index (χ1) is 29.0. The van der Waals surface area contributed by atoms with E-state index >= 15 is 0 Å². The van der Waals surface area contributed by atoms with Crippen molar-refractivity contribution in [1.29, 1.82) is 0 Å². The topological polar surface area (TPSA) is 200 Å². The standard InChI is InChI=1S/C45H20N2O13/c48-37(21-6-2-1-3-7-21)36-34-32(38(49)46(40(34)51)22-8-4-10-24(16-22)57-26-12-14-28-30(18-26)44(55)59-42(28)53)20-33-35(36)41(52)47(39(33)50)23-9-5-11-25(17-23)58-27-13-15-29-31(19-27)45(56)60-43(29)54/h1-20H. The normalized spacial score (nSPS) is 13.1. The molecule has 10 rings (SSSR count). The van der Waals surface area contributed by atoms with Crippen LogP contribution in [0.2, 0.25) is 0 Å². The molecule has 0 saturated carbocycles. The summed E-state index contributed by atoms with van der Waals surface area (Å²) in [6.07, 6.45) is 0. The molecule has 2 aromatic heterocycles. The molecule has 15 nitrogen and oxygen atoms in total. The number of ketones is 1. The summed E-state index contributed by atoms with van der Waals surface area (Å²) in [7, 11) is 0. The molecule has 0 spiro atoms. The fourth-order valence-corrected chi connectivity index (χ4v) is 7.44. The van der Waals surface area contributed by atoms with Crippen molar-refractivity contribution >= 4 is 51.2 Å². The van der Waals surface area contributed by atoms with E-state index in [1.807, 2.05) is 0 Å². The van der Waals surface area contributed by atoms with E-state index in [2.05, 4.69) is 9.47 Å². The maximum atomic E-state index is 14.5. The van der Waals surface area contributed by atoms with E-state index in [-0.39, 0.29) is 83.7 Å². The maximum Gasteiger partial charge on any atom is 0.347 e. The zero-order chi connectivity index (χ0) is 41.6. The molecule has 15 heteroatoms. The minimum absolute atomic E-state index is 0.00507. The van der Waals surface area contributed by atoms with Gasteiger partial charge in [-0.2, -0.15) is 0 Å². The Morgan fingerprint density at radius 2 is 0.850 bits per heavy atom. The van der Waals surface area contributed by atoms with Crippen molar-refractivity contribution < 1.29 is 42.9 Å². The largest absolute Gasteiger partial charge is 0.457 e. The van der Waals surface area contributed by atoms with Crippen molar-refractivity contribution in [3.05, 3.63) is 196 Å². The van der Waals surface area contributed by atoms with Gasteiger partial charge in [0.2, 0.25) is 0 Å². The molecular weight excluding hydrogens is 776 g/mol. The second-order valence-electron chi connectivity index (χ2n) is 13.7. The van der Waals surface area contributed by atoms with Gasteiger partial charge in [-0.05, 0) is 66.7 Å². The monoisotopic (exact) mass is 796 g/mol. The average Bonchev–Trinajstić information content (AvgIpc) is 3.88. The Balaban J connectivity index is 1.10. The van der Waals surface area contributed by atoms with Crippen molar-refractivity contribution in [2.75, 3.05) is 0 Å². The predicted molar refractivity (Wildman–Crippen MR) is 210 cm³/mol. The summed E-state index contributed by atoms with van der Waals surface area (Å²) in [5, 5.41) is -1.34. The van der Waals surface area contributed by atoms with Crippen LogP contribution in [0, 0.1) is 0 Å². The van der Waals surface area contributed by atoms with Gasteiger partial charge in [0.15, 0.2) is 5.78 Å². The molecule has 4 heterocycles. The van der Waals surface area contributed by atoms with Crippen LogP contribution in [0.5, 0.6) is 23.0 Å². The molecule has 0 saturated heterocycles. The maximum absolute atomic E-state index is 14.5. The molecule has 0 aliphatic carbocycles. The smallest absolute Gasteiger partial charge is 0.347 e. The number of esters is 4. The number of benzene rings is 6. The number of ether oxygens (including phenoxy) is 4. The van der Waals surface area contributed by atoms with E-state index in [1.54, 1.807) is 18.2 Å². The van der Waals surface area contributed by atoms with Gasteiger partial charge in [0.25, 0.3) is 22.2 Å². The van der Waals surface area contributed by atoms with E-state index in [4.69, 9.17) is 9.47 Å². The lowest BCUT2D eigenvalue weighted by molar-refractivity contribution is 0.0425. The van der Waals surface area contributed by atoms with Crippen LogP contribution in [-0.2, 0) is 9.47 Å². The fourth-order valence-electron chi connectivity index (χ4n) is 7.44. The third-order valence-corrected chi connectivity index (χ3v) is 10.1. The highest BCUT2D eigenvalue weighted by molar-refractivity contribution is 6.24. The van der Waals surface area contributed by atoms with Gasteiger partial charge < -0.3 is 18.9 Å². The predicted octanol–water partition coefficient (Wildman–Crippen LogP) is 5.33. The van der Waals surface area contributed by atoms with Gasteiger partial charge in [0.05, 0.1) is 55.2 Å². The van der Waals surface area contributed by atoms with Gasteiger partial charge in [-0.25, -0.2) is 28.3 Å². The van der Waals surface area contributed by atoms with Gasteiger partial charge in [-0.15, -0.1) is 0 Å². The van der Waals surface area contributed by atoms with E-state index in [0.29, 0.717) is 0 Å². The number of aromatic nitrogens is 2. The Morgan fingerprint density at radius 1 is 0.417 bits per heavy atom. The lowest BCUT2D eigenvalue weighted by Gasteiger charge is -2.08. The molecule has 0 amide bonds. The Morgan fingerprint density at radius 3 is 1.32 bits per heavy atom. The number of fused-ring (bicyclic) bond motifs is 4. The van der Waals surface area contributed by atoms with Gasteiger partial charge in [-0.3, -0.25) is 24.0 Å². The van der Waals surface area contributed by atoms with Crippen LogP contribution in [0.15, 0.2) is 141 Å². The zero-order valence-corrected chi connectivity index (χ0v) is 30.2. The fraction of sp³-hybridized carbons (Fsp3) is 0. The lowest BCUT2D eigenvalue weighted by Crippen LogP contribution is -2.25. The molecule has 0 radical (unpaired) electrons. The molecule has 2 aliphatic rings. The van der Waals surface area contributed by atoms with Crippen molar-refractivity contribution in [3.8, 4) is 34.4 Å². The van der Waals surface area contributed by atoms with Gasteiger partial charge in [0, 0.05) is 23.3 Å². The Kier molecular flexibility index (Phi) is 7.77. The summed E-state index contributed by atoms with van der Waals surface area (Å²) in [4.78, 5) is 120. The second-order valence-corrected chi connectivity index (χ2v) is 13.7. The first-order valence-electron chi connectivity index (χ1n) is 17.9. The summed E-state index contributed by atoms with van der Waals surface area (Å²) in [5.74, 6) is -3.47. The van der Waals surface area contributed by atoms with Crippen LogP contribution in [0.1, 0.15) is 57.4 Å². The molecule has 0 atom stereocenters. The SMILES string of the molecule is O=C1OC(=O)c2cc(Oc3cccc(-n4c(=O)c5cc6c(=O)n(-c7cccc(Oc8ccc9c(c8)C(=O)OC9=O)c7)c(=O)c6c(C(=O)c6ccccc6)c5c4=O)c3)ccc21. The number of cyclic esters (lactones) is 4. The number of carbonyl (C=O) groups excluding carboxylic acids is 5. The van der Waals surface area contributed by atoms with E-state index in [9.17, 15) is 43.2 Å². The molecule has 60 heavy (non-hydrogen) atoms. The third kappa shape index (κ3) is 5.41. The minimum Gasteiger partial charge on any atom is -0.457 e. The summed E-state index contributed by atoms with van der Waals surface area (Å²) in [5.41, 5.74) is -3.81. The Labute approximate surface area is 333 Å². The highest BCUT2D eigenvalue weighted by Gasteiger charge is 2.32. The molecule has 8 aromatic rings. The summed E-state index contributed by atoms with van der Waals surface area (Å²) in [6, 6.07) is 28.8. The molecule has 0 bridgehead atoms. The number of rotatable bonds is 8. The number of carbonyl (C=O) groups is 5. The van der Waals surface area contributed by atoms with Crippen LogP contribution in [0.3, 0.4) is 0 Å². The molecule has 0 N–H and O–H groups in total.